The lowest BCUT2D eigenvalue weighted by molar-refractivity contribution is -0.384. The van der Waals surface area contributed by atoms with Gasteiger partial charge in [0.25, 0.3) is 5.69 Å². The van der Waals surface area contributed by atoms with Crippen LogP contribution in [0.4, 0.5) is 11.4 Å². The predicted octanol–water partition coefficient (Wildman–Crippen LogP) is 2.49. The number of sulfonamides is 1. The molecule has 0 aliphatic rings. The van der Waals surface area contributed by atoms with E-state index in [2.05, 4.69) is 10.0 Å². The first kappa shape index (κ1) is 17.4. The van der Waals surface area contributed by atoms with Gasteiger partial charge in [-0.15, -0.1) is 0 Å². The van der Waals surface area contributed by atoms with Crippen molar-refractivity contribution in [1.29, 1.82) is 0 Å². The van der Waals surface area contributed by atoms with Crippen molar-refractivity contribution >= 4 is 21.4 Å². The number of nitrogens with one attached hydrogen (secondary N) is 2. The Morgan fingerprint density at radius 3 is 2.38 bits per heavy atom. The summed E-state index contributed by atoms with van der Waals surface area (Å²) in [7, 11) is -3.76. The van der Waals surface area contributed by atoms with Gasteiger partial charge in [0.15, 0.2) is 0 Å². The fourth-order valence-electron chi connectivity index (χ4n) is 1.69. The van der Waals surface area contributed by atoms with Gasteiger partial charge in [0.05, 0.1) is 10.6 Å². The molecule has 8 heteroatoms. The summed E-state index contributed by atoms with van der Waals surface area (Å²) in [6.07, 6.45) is 0.621. The van der Waals surface area contributed by atoms with Crippen molar-refractivity contribution in [3.63, 3.8) is 0 Å². The molecular weight excluding hydrogens is 294 g/mol. The van der Waals surface area contributed by atoms with E-state index in [1.54, 1.807) is 20.8 Å². The van der Waals surface area contributed by atoms with Gasteiger partial charge in [-0.3, -0.25) is 10.1 Å². The number of hydrogen-bond donors (Lipinski definition) is 2. The van der Waals surface area contributed by atoms with Crippen molar-refractivity contribution in [3.8, 4) is 0 Å². The zero-order valence-corrected chi connectivity index (χ0v) is 13.5. The van der Waals surface area contributed by atoms with Crippen LogP contribution in [0.2, 0.25) is 0 Å². The Labute approximate surface area is 124 Å². The van der Waals surface area contributed by atoms with Gasteiger partial charge in [0.2, 0.25) is 10.0 Å². The van der Waals surface area contributed by atoms with E-state index in [0.29, 0.717) is 13.0 Å². The highest BCUT2D eigenvalue weighted by Gasteiger charge is 2.27. The molecule has 0 saturated heterocycles. The number of benzene rings is 1. The Hall–Kier alpha value is -1.67. The molecule has 0 aliphatic heterocycles. The molecule has 0 aromatic heterocycles. The van der Waals surface area contributed by atoms with E-state index >= 15 is 0 Å². The zero-order chi connectivity index (χ0) is 16.3. The summed E-state index contributed by atoms with van der Waals surface area (Å²) >= 11 is 0. The summed E-state index contributed by atoms with van der Waals surface area (Å²) in [5, 5.41) is 13.7. The maximum Gasteiger partial charge on any atom is 0.271 e. The molecule has 7 nitrogen and oxygen atoms in total. The maximum atomic E-state index is 12.5. The largest absolute Gasteiger partial charge is 0.384 e. The second-order valence-electron chi connectivity index (χ2n) is 5.31. The monoisotopic (exact) mass is 315 g/mol. The number of anilines is 1. The van der Waals surface area contributed by atoms with E-state index in [4.69, 9.17) is 0 Å². The standard InChI is InChI=1S/C13H21N3O4S/c1-5-13(3,4)15-21(19,20)12-8-7-10(16(17)18)9-11(12)14-6-2/h7-9,14-15H,5-6H2,1-4H3. The molecule has 118 valence electrons. The van der Waals surface area contributed by atoms with Crippen molar-refractivity contribution in [1.82, 2.24) is 4.72 Å². The van der Waals surface area contributed by atoms with E-state index in [1.165, 1.54) is 18.2 Å². The predicted molar refractivity (Wildman–Crippen MR) is 82.0 cm³/mol. The van der Waals surface area contributed by atoms with Crippen LogP contribution < -0.4 is 10.0 Å². The third-order valence-corrected chi connectivity index (χ3v) is 4.88. The SMILES string of the molecule is CCNc1cc([N+](=O)[O-])ccc1S(=O)(=O)NC(C)(C)CC. The second-order valence-corrected chi connectivity index (χ2v) is 6.96. The van der Waals surface area contributed by atoms with Crippen LogP contribution in [-0.4, -0.2) is 25.4 Å². The molecule has 0 fully saturated rings. The Kier molecular flexibility index (Phi) is 5.30. The lowest BCUT2D eigenvalue weighted by Crippen LogP contribution is -2.42. The smallest absolute Gasteiger partial charge is 0.271 e. The fourth-order valence-corrected chi connectivity index (χ4v) is 3.33. The van der Waals surface area contributed by atoms with Gasteiger partial charge in [-0.05, 0) is 33.3 Å². The molecule has 0 heterocycles. The zero-order valence-electron chi connectivity index (χ0n) is 12.6. The fraction of sp³-hybridized carbons (Fsp3) is 0.538. The van der Waals surface area contributed by atoms with Crippen LogP contribution in [0.1, 0.15) is 34.1 Å². The molecular formula is C13H21N3O4S. The Bertz CT molecular complexity index is 626. The van der Waals surface area contributed by atoms with Crippen molar-refractivity contribution < 1.29 is 13.3 Å². The first-order chi connectivity index (χ1) is 9.63. The average Bonchev–Trinajstić information content (AvgIpc) is 2.37. The lowest BCUT2D eigenvalue weighted by atomic mass is 10.0. The first-order valence-corrected chi connectivity index (χ1v) is 8.17. The minimum Gasteiger partial charge on any atom is -0.384 e. The first-order valence-electron chi connectivity index (χ1n) is 6.69. The van der Waals surface area contributed by atoms with Gasteiger partial charge >= 0.3 is 0 Å². The van der Waals surface area contributed by atoms with Gasteiger partial charge < -0.3 is 5.32 Å². The van der Waals surface area contributed by atoms with Gasteiger partial charge in [0, 0.05) is 24.2 Å². The molecule has 2 N–H and O–H groups in total. The molecule has 0 aliphatic carbocycles. The van der Waals surface area contributed by atoms with E-state index in [1.807, 2.05) is 6.92 Å². The molecule has 0 radical (unpaired) electrons. The van der Waals surface area contributed by atoms with Crippen molar-refractivity contribution in [3.05, 3.63) is 28.3 Å². The topological polar surface area (TPSA) is 101 Å². The van der Waals surface area contributed by atoms with E-state index in [-0.39, 0.29) is 16.3 Å². The highest BCUT2D eigenvalue weighted by molar-refractivity contribution is 7.89. The quantitative estimate of drug-likeness (QED) is 0.594. The van der Waals surface area contributed by atoms with Crippen LogP contribution in [-0.2, 0) is 10.0 Å². The maximum absolute atomic E-state index is 12.5. The van der Waals surface area contributed by atoms with Gasteiger partial charge in [-0.1, -0.05) is 6.92 Å². The lowest BCUT2D eigenvalue weighted by Gasteiger charge is -2.25. The van der Waals surface area contributed by atoms with Gasteiger partial charge in [-0.2, -0.15) is 0 Å². The molecule has 0 unspecified atom stereocenters. The Morgan fingerprint density at radius 1 is 1.29 bits per heavy atom. The molecule has 21 heavy (non-hydrogen) atoms. The Balaban J connectivity index is 3.31. The van der Waals surface area contributed by atoms with Crippen molar-refractivity contribution in [2.75, 3.05) is 11.9 Å². The molecule has 0 spiro atoms. The van der Waals surface area contributed by atoms with E-state index in [9.17, 15) is 18.5 Å². The van der Waals surface area contributed by atoms with Crippen LogP contribution in [0.15, 0.2) is 23.1 Å². The van der Waals surface area contributed by atoms with Crippen molar-refractivity contribution in [2.24, 2.45) is 0 Å². The summed E-state index contributed by atoms with van der Waals surface area (Å²) in [5.74, 6) is 0. The minimum absolute atomic E-state index is 0.0106. The van der Waals surface area contributed by atoms with Crippen molar-refractivity contribution in [2.45, 2.75) is 44.6 Å². The minimum atomic E-state index is -3.76. The summed E-state index contributed by atoms with van der Waals surface area (Å²) < 4.78 is 27.5. The Morgan fingerprint density at radius 2 is 1.90 bits per heavy atom. The van der Waals surface area contributed by atoms with E-state index < -0.39 is 20.5 Å². The highest BCUT2D eigenvalue weighted by Crippen LogP contribution is 2.27. The van der Waals surface area contributed by atoms with Gasteiger partial charge in [-0.25, -0.2) is 13.1 Å². The third-order valence-electron chi connectivity index (χ3n) is 3.13. The van der Waals surface area contributed by atoms with E-state index in [0.717, 1.165) is 0 Å². The molecule has 1 aromatic rings. The number of hydrogen-bond acceptors (Lipinski definition) is 5. The number of nitrogens with zero attached hydrogens (tertiary/aromatic N) is 1. The molecule has 0 bridgehead atoms. The summed E-state index contributed by atoms with van der Waals surface area (Å²) in [6.45, 7) is 7.69. The molecule has 1 aromatic carbocycles. The summed E-state index contributed by atoms with van der Waals surface area (Å²) in [4.78, 5) is 10.3. The molecule has 0 atom stereocenters. The number of nitro groups is 1. The van der Waals surface area contributed by atoms with Crippen LogP contribution in [0.5, 0.6) is 0 Å². The summed E-state index contributed by atoms with van der Waals surface area (Å²) in [5.41, 5.74) is -0.518. The van der Waals surface area contributed by atoms with Crippen LogP contribution in [0, 0.1) is 10.1 Å². The molecule has 1 rings (SSSR count). The van der Waals surface area contributed by atoms with Crippen LogP contribution in [0.25, 0.3) is 0 Å². The number of rotatable bonds is 7. The highest BCUT2D eigenvalue weighted by atomic mass is 32.2. The number of non-ortho nitro benzene ring substituents is 1. The average molecular weight is 315 g/mol. The second kappa shape index (κ2) is 6.40. The normalized spacial score (nSPS) is 12.2. The van der Waals surface area contributed by atoms with Gasteiger partial charge in [0.1, 0.15) is 4.90 Å². The molecule has 0 amide bonds. The van der Waals surface area contributed by atoms with Crippen LogP contribution >= 0.6 is 0 Å². The molecule has 0 saturated carbocycles. The van der Waals surface area contributed by atoms with Crippen LogP contribution in [0.3, 0.4) is 0 Å². The number of nitro benzene ring substituents is 1. The summed E-state index contributed by atoms with van der Waals surface area (Å²) in [6, 6.07) is 3.68. The third kappa shape index (κ3) is 4.40.